The molecule has 2 atom stereocenters. The Morgan fingerprint density at radius 1 is 1.13 bits per heavy atom. The molecule has 3 aliphatic rings. The quantitative estimate of drug-likeness (QED) is 0.853. The Hall–Kier alpha value is -0.840. The van der Waals surface area contributed by atoms with Gasteiger partial charge in [-0.05, 0) is 37.8 Å². The smallest absolute Gasteiger partial charge is 0.118 e. The first-order valence-electron chi connectivity index (χ1n) is 9.41. The van der Waals surface area contributed by atoms with E-state index in [0.29, 0.717) is 12.1 Å². The fourth-order valence-electron chi connectivity index (χ4n) is 4.68. The zero-order valence-electron chi connectivity index (χ0n) is 14.4. The van der Waals surface area contributed by atoms with E-state index in [1.54, 1.807) is 0 Å². The third-order valence-corrected chi connectivity index (χ3v) is 5.89. The van der Waals surface area contributed by atoms with E-state index >= 15 is 0 Å². The maximum atomic E-state index is 6.08. The van der Waals surface area contributed by atoms with Gasteiger partial charge in [0.05, 0.1) is 25.3 Å². The summed E-state index contributed by atoms with van der Waals surface area (Å²) in [6.45, 7) is 8.40. The van der Waals surface area contributed by atoms with Crippen molar-refractivity contribution in [3.05, 3.63) is 23.7 Å². The molecule has 0 amide bonds. The highest BCUT2D eigenvalue weighted by Gasteiger charge is 2.40. The van der Waals surface area contributed by atoms with Crippen molar-refractivity contribution in [2.75, 3.05) is 32.8 Å². The lowest BCUT2D eigenvalue weighted by atomic mass is 9.89. The number of aryl methyl sites for hydroxylation is 1. The highest BCUT2D eigenvalue weighted by atomic mass is 16.5. The summed E-state index contributed by atoms with van der Waals surface area (Å²) in [5.41, 5.74) is 0. The molecular weight excluding hydrogens is 288 g/mol. The van der Waals surface area contributed by atoms with Gasteiger partial charge in [-0.15, -0.1) is 0 Å². The van der Waals surface area contributed by atoms with Gasteiger partial charge in [0.15, 0.2) is 0 Å². The molecule has 1 aromatic rings. The Morgan fingerprint density at radius 3 is 2.78 bits per heavy atom. The minimum Gasteiger partial charge on any atom is -0.465 e. The molecule has 0 spiro atoms. The molecule has 23 heavy (non-hydrogen) atoms. The topological polar surface area (TPSA) is 28.9 Å². The van der Waals surface area contributed by atoms with E-state index in [4.69, 9.17) is 9.15 Å². The van der Waals surface area contributed by atoms with Crippen LogP contribution in [0, 0.1) is 12.8 Å². The maximum Gasteiger partial charge on any atom is 0.118 e. The van der Waals surface area contributed by atoms with Gasteiger partial charge in [0.2, 0.25) is 0 Å². The fraction of sp³-hybridized carbons (Fsp3) is 0.789. The first kappa shape index (κ1) is 15.7. The molecule has 4 rings (SSSR count). The molecular formula is C19H30N2O2. The monoisotopic (exact) mass is 318 g/mol. The van der Waals surface area contributed by atoms with Crippen LogP contribution in [-0.4, -0.2) is 54.7 Å². The summed E-state index contributed by atoms with van der Waals surface area (Å²) in [6, 6.07) is 4.73. The van der Waals surface area contributed by atoms with Crippen molar-refractivity contribution in [2.45, 2.75) is 57.7 Å². The molecule has 1 aromatic heterocycles. The van der Waals surface area contributed by atoms with Gasteiger partial charge in [0.1, 0.15) is 11.5 Å². The Labute approximate surface area is 139 Å². The van der Waals surface area contributed by atoms with Crippen LogP contribution in [0.15, 0.2) is 16.5 Å². The normalized spacial score (nSPS) is 30.7. The molecule has 1 aliphatic carbocycles. The van der Waals surface area contributed by atoms with Crippen LogP contribution in [0.1, 0.15) is 43.6 Å². The third-order valence-electron chi connectivity index (χ3n) is 5.89. The van der Waals surface area contributed by atoms with Gasteiger partial charge in [-0.3, -0.25) is 9.80 Å². The lowest BCUT2D eigenvalue weighted by molar-refractivity contribution is -0.0523. The average Bonchev–Trinajstić information content (AvgIpc) is 3.15. The van der Waals surface area contributed by atoms with E-state index in [0.717, 1.165) is 43.7 Å². The van der Waals surface area contributed by atoms with Crippen LogP contribution in [0.3, 0.4) is 0 Å². The molecule has 1 saturated carbocycles. The molecule has 128 valence electrons. The van der Waals surface area contributed by atoms with Crippen LogP contribution >= 0.6 is 0 Å². The largest absolute Gasteiger partial charge is 0.465 e. The molecule has 0 aromatic carbocycles. The number of ether oxygens (including phenoxy) is 1. The summed E-state index contributed by atoms with van der Waals surface area (Å²) in [5.74, 6) is 3.02. The first-order valence-corrected chi connectivity index (χ1v) is 9.41. The van der Waals surface area contributed by atoms with Gasteiger partial charge in [-0.25, -0.2) is 0 Å². The molecule has 0 N–H and O–H groups in total. The minimum atomic E-state index is 0.392. The van der Waals surface area contributed by atoms with Gasteiger partial charge < -0.3 is 9.15 Å². The standard InChI is InChI=1S/C19H30N2O2/c1-15-7-8-17(23-15)12-21-9-10-22-19-14-20(13-18(19)21)11-16-5-3-2-4-6-16/h7-8,16,18-19H,2-6,9-14H2,1H3/t18-,19+/m1/s1. The second kappa shape index (κ2) is 6.96. The number of furan rings is 1. The van der Waals surface area contributed by atoms with E-state index in [2.05, 4.69) is 21.9 Å². The maximum absolute atomic E-state index is 6.08. The van der Waals surface area contributed by atoms with Crippen molar-refractivity contribution in [2.24, 2.45) is 5.92 Å². The lowest BCUT2D eigenvalue weighted by Gasteiger charge is -2.36. The van der Waals surface area contributed by atoms with Crippen LogP contribution in [0.4, 0.5) is 0 Å². The molecule has 0 bridgehead atoms. The molecule has 0 unspecified atom stereocenters. The van der Waals surface area contributed by atoms with Gasteiger partial charge in [0.25, 0.3) is 0 Å². The Bertz CT molecular complexity index is 509. The van der Waals surface area contributed by atoms with E-state index in [9.17, 15) is 0 Å². The van der Waals surface area contributed by atoms with Crippen molar-refractivity contribution in [1.82, 2.24) is 9.80 Å². The van der Waals surface area contributed by atoms with Crippen LogP contribution in [0.25, 0.3) is 0 Å². The SMILES string of the molecule is Cc1ccc(CN2CCO[C@H]3CN(CC4CCCCC4)C[C@H]32)o1. The predicted octanol–water partition coefficient (Wildman–Crippen LogP) is 3.05. The van der Waals surface area contributed by atoms with Crippen molar-refractivity contribution < 1.29 is 9.15 Å². The average molecular weight is 318 g/mol. The summed E-state index contributed by atoms with van der Waals surface area (Å²) in [5, 5.41) is 0. The van der Waals surface area contributed by atoms with Crippen LogP contribution in [0.2, 0.25) is 0 Å². The van der Waals surface area contributed by atoms with Crippen LogP contribution in [0.5, 0.6) is 0 Å². The summed E-state index contributed by atoms with van der Waals surface area (Å²) in [6.07, 6.45) is 7.58. The Kier molecular flexibility index (Phi) is 4.74. The number of nitrogens with zero attached hydrogens (tertiary/aromatic N) is 2. The molecule has 4 nitrogen and oxygen atoms in total. The highest BCUT2D eigenvalue weighted by Crippen LogP contribution is 2.29. The molecule has 0 radical (unpaired) electrons. The minimum absolute atomic E-state index is 0.392. The molecule has 3 heterocycles. The summed E-state index contributed by atoms with van der Waals surface area (Å²) >= 11 is 0. The molecule has 2 aliphatic heterocycles. The summed E-state index contributed by atoms with van der Waals surface area (Å²) in [7, 11) is 0. The van der Waals surface area contributed by atoms with Crippen LogP contribution < -0.4 is 0 Å². The number of fused-ring (bicyclic) bond motifs is 1. The lowest BCUT2D eigenvalue weighted by Crippen LogP contribution is -2.50. The van der Waals surface area contributed by atoms with Gasteiger partial charge in [0, 0.05) is 26.2 Å². The number of hydrogen-bond donors (Lipinski definition) is 0. The zero-order chi connectivity index (χ0) is 15.6. The van der Waals surface area contributed by atoms with E-state index < -0.39 is 0 Å². The molecule has 4 heteroatoms. The second-order valence-corrected chi connectivity index (χ2v) is 7.68. The van der Waals surface area contributed by atoms with Crippen molar-refractivity contribution >= 4 is 0 Å². The van der Waals surface area contributed by atoms with Crippen molar-refractivity contribution in [3.63, 3.8) is 0 Å². The van der Waals surface area contributed by atoms with E-state index in [1.165, 1.54) is 45.2 Å². The zero-order valence-corrected chi connectivity index (χ0v) is 14.4. The Morgan fingerprint density at radius 2 is 2.00 bits per heavy atom. The van der Waals surface area contributed by atoms with Gasteiger partial charge in [-0.2, -0.15) is 0 Å². The summed E-state index contributed by atoms with van der Waals surface area (Å²) in [4.78, 5) is 5.24. The van der Waals surface area contributed by atoms with Gasteiger partial charge in [-0.1, -0.05) is 19.3 Å². The predicted molar refractivity (Wildman–Crippen MR) is 90.4 cm³/mol. The number of rotatable bonds is 4. The number of likely N-dealkylation sites (tertiary alicyclic amines) is 1. The Balaban J connectivity index is 1.36. The van der Waals surface area contributed by atoms with Crippen LogP contribution in [-0.2, 0) is 11.3 Å². The molecule has 2 saturated heterocycles. The molecule has 3 fully saturated rings. The van der Waals surface area contributed by atoms with E-state index in [1.807, 2.05) is 6.92 Å². The second-order valence-electron chi connectivity index (χ2n) is 7.68. The number of morpholine rings is 1. The summed E-state index contributed by atoms with van der Waals surface area (Å²) < 4.78 is 11.9. The third kappa shape index (κ3) is 3.65. The number of hydrogen-bond acceptors (Lipinski definition) is 4. The van der Waals surface area contributed by atoms with Crippen molar-refractivity contribution in [1.29, 1.82) is 0 Å². The highest BCUT2D eigenvalue weighted by molar-refractivity contribution is 5.06. The van der Waals surface area contributed by atoms with Gasteiger partial charge >= 0.3 is 0 Å². The fourth-order valence-corrected chi connectivity index (χ4v) is 4.68. The van der Waals surface area contributed by atoms with Crippen molar-refractivity contribution in [3.8, 4) is 0 Å². The first-order chi connectivity index (χ1) is 11.3. The van der Waals surface area contributed by atoms with E-state index in [-0.39, 0.29) is 0 Å².